The fraction of sp³-hybridized carbons (Fsp3) is 0.917. The molecule has 2 saturated heterocycles. The van der Waals surface area contributed by atoms with Crippen LogP contribution in [0.4, 0.5) is 0 Å². The van der Waals surface area contributed by atoms with Gasteiger partial charge in [0.2, 0.25) is 5.91 Å². The van der Waals surface area contributed by atoms with Crippen LogP contribution in [0.1, 0.15) is 52.4 Å². The number of carbonyl (C=O) groups is 1. The van der Waals surface area contributed by atoms with E-state index in [4.69, 9.17) is 0 Å². The summed E-state index contributed by atoms with van der Waals surface area (Å²) in [7, 11) is 0. The molecule has 0 radical (unpaired) electrons. The van der Waals surface area contributed by atoms with Crippen LogP contribution in [0.2, 0.25) is 0 Å². The highest BCUT2D eigenvalue weighted by atomic mass is 16.2. The summed E-state index contributed by atoms with van der Waals surface area (Å²) >= 11 is 0. The Labute approximate surface area is 86.7 Å². The van der Waals surface area contributed by atoms with Crippen LogP contribution < -0.4 is 0 Å². The van der Waals surface area contributed by atoms with Gasteiger partial charge in [-0.05, 0) is 38.0 Å². The highest BCUT2D eigenvalue weighted by molar-refractivity contribution is 5.77. The molecular weight excluding hydrogens is 174 g/mol. The second kappa shape index (κ2) is 3.92. The minimum Gasteiger partial charge on any atom is -0.336 e. The lowest BCUT2D eigenvalue weighted by Crippen LogP contribution is -2.54. The van der Waals surface area contributed by atoms with Crippen LogP contribution in [-0.2, 0) is 4.79 Å². The quantitative estimate of drug-likeness (QED) is 0.629. The lowest BCUT2D eigenvalue weighted by atomic mass is 9.84. The summed E-state index contributed by atoms with van der Waals surface area (Å²) in [5, 5.41) is 0. The Morgan fingerprint density at radius 2 is 1.93 bits per heavy atom. The molecule has 1 amide bonds. The highest BCUT2D eigenvalue weighted by Gasteiger charge is 2.37. The molecule has 0 saturated carbocycles. The van der Waals surface area contributed by atoms with E-state index in [0.29, 0.717) is 23.9 Å². The van der Waals surface area contributed by atoms with Crippen LogP contribution in [0.25, 0.3) is 0 Å². The number of amides is 1. The SMILES string of the molecule is CC(C)C1CCCC2CCCC(=O)N21. The topological polar surface area (TPSA) is 20.3 Å². The molecule has 14 heavy (non-hydrogen) atoms. The van der Waals surface area contributed by atoms with Gasteiger partial charge in [-0.15, -0.1) is 0 Å². The molecule has 0 N–H and O–H groups in total. The van der Waals surface area contributed by atoms with Crippen molar-refractivity contribution in [2.75, 3.05) is 0 Å². The lowest BCUT2D eigenvalue weighted by molar-refractivity contribution is -0.143. The van der Waals surface area contributed by atoms with Crippen molar-refractivity contribution in [3.05, 3.63) is 0 Å². The molecule has 0 aromatic carbocycles. The van der Waals surface area contributed by atoms with Crippen LogP contribution >= 0.6 is 0 Å². The number of carbonyl (C=O) groups excluding carboxylic acids is 1. The van der Waals surface area contributed by atoms with Gasteiger partial charge in [-0.1, -0.05) is 13.8 Å². The van der Waals surface area contributed by atoms with Gasteiger partial charge < -0.3 is 4.90 Å². The molecule has 0 aromatic rings. The maximum absolute atomic E-state index is 11.9. The van der Waals surface area contributed by atoms with Gasteiger partial charge >= 0.3 is 0 Å². The van der Waals surface area contributed by atoms with Gasteiger partial charge in [0.1, 0.15) is 0 Å². The van der Waals surface area contributed by atoms with Crippen molar-refractivity contribution in [3.63, 3.8) is 0 Å². The summed E-state index contributed by atoms with van der Waals surface area (Å²) in [4.78, 5) is 14.1. The first kappa shape index (κ1) is 10.0. The first-order chi connectivity index (χ1) is 6.70. The zero-order valence-corrected chi connectivity index (χ0v) is 9.33. The van der Waals surface area contributed by atoms with Gasteiger partial charge in [-0.25, -0.2) is 0 Å². The van der Waals surface area contributed by atoms with E-state index in [2.05, 4.69) is 18.7 Å². The fourth-order valence-electron chi connectivity index (χ4n) is 3.06. The van der Waals surface area contributed by atoms with Crippen LogP contribution in [0.15, 0.2) is 0 Å². The third-order valence-electron chi connectivity index (χ3n) is 3.77. The summed E-state index contributed by atoms with van der Waals surface area (Å²) in [5.41, 5.74) is 0. The van der Waals surface area contributed by atoms with Gasteiger partial charge in [0.25, 0.3) is 0 Å². The van der Waals surface area contributed by atoms with E-state index in [0.717, 1.165) is 12.8 Å². The Morgan fingerprint density at radius 1 is 1.21 bits per heavy atom. The summed E-state index contributed by atoms with van der Waals surface area (Å²) < 4.78 is 0. The molecule has 0 spiro atoms. The highest BCUT2D eigenvalue weighted by Crippen LogP contribution is 2.33. The predicted octanol–water partition coefficient (Wildman–Crippen LogP) is 2.58. The second-order valence-electron chi connectivity index (χ2n) is 5.09. The van der Waals surface area contributed by atoms with Crippen LogP contribution in [0.5, 0.6) is 0 Å². The van der Waals surface area contributed by atoms with Gasteiger partial charge in [0, 0.05) is 18.5 Å². The molecule has 2 heterocycles. The zero-order chi connectivity index (χ0) is 10.1. The molecule has 2 fully saturated rings. The van der Waals surface area contributed by atoms with Gasteiger partial charge in [-0.2, -0.15) is 0 Å². The molecule has 0 aromatic heterocycles. The number of nitrogens with zero attached hydrogens (tertiary/aromatic N) is 1. The largest absolute Gasteiger partial charge is 0.336 e. The molecule has 2 atom stereocenters. The molecule has 80 valence electrons. The number of hydrogen-bond acceptors (Lipinski definition) is 1. The van der Waals surface area contributed by atoms with E-state index in [-0.39, 0.29) is 0 Å². The predicted molar refractivity (Wildman–Crippen MR) is 57.0 cm³/mol. The Balaban J connectivity index is 2.14. The Morgan fingerprint density at radius 3 is 2.64 bits per heavy atom. The van der Waals surface area contributed by atoms with Crippen LogP contribution in [0.3, 0.4) is 0 Å². The molecule has 2 heteroatoms. The third kappa shape index (κ3) is 1.67. The Bertz CT molecular complexity index is 222. The number of fused-ring (bicyclic) bond motifs is 1. The summed E-state index contributed by atoms with van der Waals surface area (Å²) in [6, 6.07) is 1.11. The monoisotopic (exact) mass is 195 g/mol. The van der Waals surface area contributed by atoms with Gasteiger partial charge in [0.15, 0.2) is 0 Å². The second-order valence-corrected chi connectivity index (χ2v) is 5.09. The molecule has 2 aliphatic heterocycles. The van der Waals surface area contributed by atoms with Crippen molar-refractivity contribution >= 4 is 5.91 Å². The first-order valence-corrected chi connectivity index (χ1v) is 6.01. The lowest BCUT2D eigenvalue weighted by Gasteiger charge is -2.46. The maximum Gasteiger partial charge on any atom is 0.223 e. The molecule has 0 bridgehead atoms. The molecule has 2 nitrogen and oxygen atoms in total. The van der Waals surface area contributed by atoms with Crippen molar-refractivity contribution < 1.29 is 4.79 Å². The smallest absolute Gasteiger partial charge is 0.223 e. The van der Waals surface area contributed by atoms with Gasteiger partial charge in [-0.3, -0.25) is 4.79 Å². The van der Waals surface area contributed by atoms with Crippen molar-refractivity contribution in [1.82, 2.24) is 4.90 Å². The van der Waals surface area contributed by atoms with Crippen molar-refractivity contribution in [2.45, 2.75) is 64.5 Å². The van der Waals surface area contributed by atoms with Crippen molar-refractivity contribution in [1.29, 1.82) is 0 Å². The van der Waals surface area contributed by atoms with E-state index < -0.39 is 0 Å². The molecule has 0 aliphatic carbocycles. The Kier molecular flexibility index (Phi) is 2.80. The third-order valence-corrected chi connectivity index (χ3v) is 3.77. The maximum atomic E-state index is 11.9. The minimum atomic E-state index is 0.416. The molecule has 2 aliphatic rings. The number of hydrogen-bond donors (Lipinski definition) is 0. The molecular formula is C12H21NO. The van der Waals surface area contributed by atoms with E-state index in [1.807, 2.05) is 0 Å². The van der Waals surface area contributed by atoms with E-state index in [1.165, 1.54) is 25.7 Å². The zero-order valence-electron chi connectivity index (χ0n) is 9.33. The van der Waals surface area contributed by atoms with E-state index >= 15 is 0 Å². The number of rotatable bonds is 1. The van der Waals surface area contributed by atoms with Crippen LogP contribution in [-0.4, -0.2) is 22.9 Å². The standard InChI is InChI=1S/C12H21NO/c1-9(2)11-7-3-5-10-6-4-8-12(14)13(10)11/h9-11H,3-8H2,1-2H3. The van der Waals surface area contributed by atoms with E-state index in [1.54, 1.807) is 0 Å². The first-order valence-electron chi connectivity index (χ1n) is 6.01. The van der Waals surface area contributed by atoms with Gasteiger partial charge in [0.05, 0.1) is 0 Å². The average molecular weight is 195 g/mol. The van der Waals surface area contributed by atoms with Crippen molar-refractivity contribution in [2.24, 2.45) is 5.92 Å². The minimum absolute atomic E-state index is 0.416. The summed E-state index contributed by atoms with van der Waals surface area (Å²) in [6.07, 6.45) is 6.94. The average Bonchev–Trinajstić information content (AvgIpc) is 2.17. The van der Waals surface area contributed by atoms with Crippen LogP contribution in [0, 0.1) is 5.92 Å². The van der Waals surface area contributed by atoms with Crippen molar-refractivity contribution in [3.8, 4) is 0 Å². The number of piperidine rings is 2. The van der Waals surface area contributed by atoms with E-state index in [9.17, 15) is 4.79 Å². The molecule has 2 rings (SSSR count). The summed E-state index contributed by atoms with van der Waals surface area (Å²) in [6.45, 7) is 4.49. The molecule has 2 unspecified atom stereocenters. The Hall–Kier alpha value is -0.530. The summed E-state index contributed by atoms with van der Waals surface area (Å²) in [5.74, 6) is 1.04. The fourth-order valence-corrected chi connectivity index (χ4v) is 3.06. The normalized spacial score (nSPS) is 33.4.